The van der Waals surface area contributed by atoms with Crippen LogP contribution in [0.3, 0.4) is 0 Å². The number of nitrogen functional groups attached to an aromatic ring is 1. The van der Waals surface area contributed by atoms with E-state index in [1.54, 1.807) is 6.07 Å². The van der Waals surface area contributed by atoms with Crippen molar-refractivity contribution in [2.45, 2.75) is 13.1 Å². The standard InChI is InChI=1S/C14H12BrFN2/c15-10-4-5-14(12(16)6-10)18-7-9-2-1-3-13(17)11(9)8-18/h1-6H,7-8,17H2. The lowest BCUT2D eigenvalue weighted by Crippen LogP contribution is -2.16. The maximum Gasteiger partial charge on any atom is 0.147 e. The Morgan fingerprint density at radius 1 is 1.17 bits per heavy atom. The highest BCUT2D eigenvalue weighted by Crippen LogP contribution is 2.33. The molecule has 2 aromatic carbocycles. The molecule has 2 N–H and O–H groups in total. The number of hydrogen-bond donors (Lipinski definition) is 1. The van der Waals surface area contributed by atoms with Gasteiger partial charge in [0.2, 0.25) is 0 Å². The fourth-order valence-corrected chi connectivity index (χ4v) is 2.69. The predicted molar refractivity (Wildman–Crippen MR) is 74.8 cm³/mol. The molecule has 4 heteroatoms. The number of benzene rings is 2. The third-order valence-corrected chi connectivity index (χ3v) is 3.76. The third kappa shape index (κ3) is 1.86. The first-order valence-corrected chi connectivity index (χ1v) is 6.50. The summed E-state index contributed by atoms with van der Waals surface area (Å²) in [5.41, 5.74) is 9.64. The summed E-state index contributed by atoms with van der Waals surface area (Å²) in [5.74, 6) is -0.212. The largest absolute Gasteiger partial charge is 0.398 e. The van der Waals surface area contributed by atoms with Gasteiger partial charge in [-0.1, -0.05) is 28.1 Å². The highest BCUT2D eigenvalue weighted by molar-refractivity contribution is 9.10. The van der Waals surface area contributed by atoms with Gasteiger partial charge in [-0.15, -0.1) is 0 Å². The first kappa shape index (κ1) is 11.5. The molecule has 0 unspecified atom stereocenters. The maximum absolute atomic E-state index is 13.9. The lowest BCUT2D eigenvalue weighted by molar-refractivity contribution is 0.618. The summed E-state index contributed by atoms with van der Waals surface area (Å²) in [7, 11) is 0. The van der Waals surface area contributed by atoms with E-state index < -0.39 is 0 Å². The van der Waals surface area contributed by atoms with E-state index in [0.29, 0.717) is 18.8 Å². The van der Waals surface area contributed by atoms with Gasteiger partial charge < -0.3 is 10.6 Å². The quantitative estimate of drug-likeness (QED) is 0.814. The third-order valence-electron chi connectivity index (χ3n) is 3.27. The van der Waals surface area contributed by atoms with Crippen LogP contribution in [0.5, 0.6) is 0 Å². The molecule has 3 rings (SSSR count). The van der Waals surface area contributed by atoms with Crippen molar-refractivity contribution >= 4 is 27.3 Å². The summed E-state index contributed by atoms with van der Waals surface area (Å²) in [6.45, 7) is 1.37. The van der Waals surface area contributed by atoms with Crippen LogP contribution in [-0.2, 0) is 13.1 Å². The molecule has 0 bridgehead atoms. The topological polar surface area (TPSA) is 29.3 Å². The molecule has 0 aromatic heterocycles. The van der Waals surface area contributed by atoms with Gasteiger partial charge in [0.1, 0.15) is 5.82 Å². The molecule has 92 valence electrons. The molecule has 18 heavy (non-hydrogen) atoms. The molecule has 0 saturated heterocycles. The van der Waals surface area contributed by atoms with Gasteiger partial charge in [-0.05, 0) is 35.4 Å². The van der Waals surface area contributed by atoms with Crippen LogP contribution in [0.1, 0.15) is 11.1 Å². The van der Waals surface area contributed by atoms with Gasteiger partial charge in [-0.3, -0.25) is 0 Å². The molecule has 0 atom stereocenters. The van der Waals surface area contributed by atoms with E-state index in [0.717, 1.165) is 15.7 Å². The van der Waals surface area contributed by atoms with E-state index in [4.69, 9.17) is 5.73 Å². The Morgan fingerprint density at radius 3 is 2.72 bits per heavy atom. The lowest BCUT2D eigenvalue weighted by atomic mass is 10.1. The first-order valence-electron chi connectivity index (χ1n) is 5.71. The predicted octanol–water partition coefficient (Wildman–Crippen LogP) is 3.69. The van der Waals surface area contributed by atoms with Crippen LogP contribution in [0.4, 0.5) is 15.8 Å². The van der Waals surface area contributed by atoms with Crippen LogP contribution in [-0.4, -0.2) is 0 Å². The van der Waals surface area contributed by atoms with E-state index >= 15 is 0 Å². The second-order valence-corrected chi connectivity index (χ2v) is 5.35. The second kappa shape index (κ2) is 4.28. The molecule has 2 aromatic rings. The summed E-state index contributed by atoms with van der Waals surface area (Å²) in [4.78, 5) is 2.00. The molecule has 0 fully saturated rings. The molecular weight excluding hydrogens is 295 g/mol. The molecular formula is C14H12BrFN2. The highest BCUT2D eigenvalue weighted by Gasteiger charge is 2.22. The van der Waals surface area contributed by atoms with Crippen LogP contribution in [0.25, 0.3) is 0 Å². The Labute approximate surface area is 113 Å². The van der Waals surface area contributed by atoms with Crippen LogP contribution < -0.4 is 10.6 Å². The fraction of sp³-hybridized carbons (Fsp3) is 0.143. The molecule has 1 aliphatic heterocycles. The summed E-state index contributed by atoms with van der Waals surface area (Å²) in [6.07, 6.45) is 0. The van der Waals surface area contributed by atoms with E-state index in [1.165, 1.54) is 11.6 Å². The monoisotopic (exact) mass is 306 g/mol. The summed E-state index contributed by atoms with van der Waals surface area (Å²) in [5, 5.41) is 0. The van der Waals surface area contributed by atoms with Crippen molar-refractivity contribution in [2.75, 3.05) is 10.6 Å². The zero-order valence-electron chi connectivity index (χ0n) is 9.66. The minimum absolute atomic E-state index is 0.212. The van der Waals surface area contributed by atoms with Crippen molar-refractivity contribution in [3.05, 3.63) is 57.8 Å². The maximum atomic E-state index is 13.9. The fourth-order valence-electron chi connectivity index (χ4n) is 2.36. The van der Waals surface area contributed by atoms with Gasteiger partial charge in [0.25, 0.3) is 0 Å². The normalized spacial score (nSPS) is 13.8. The minimum Gasteiger partial charge on any atom is -0.398 e. The molecule has 1 heterocycles. The number of nitrogens with zero attached hydrogens (tertiary/aromatic N) is 1. The molecule has 0 aliphatic carbocycles. The average molecular weight is 307 g/mol. The molecule has 2 nitrogen and oxygen atoms in total. The van der Waals surface area contributed by atoms with Crippen molar-refractivity contribution in [1.29, 1.82) is 0 Å². The lowest BCUT2D eigenvalue weighted by Gasteiger charge is -2.18. The number of rotatable bonds is 1. The number of hydrogen-bond acceptors (Lipinski definition) is 2. The zero-order chi connectivity index (χ0) is 12.7. The van der Waals surface area contributed by atoms with Gasteiger partial charge in [0.05, 0.1) is 5.69 Å². The molecule has 0 saturated carbocycles. The molecule has 0 amide bonds. The Bertz CT molecular complexity index is 613. The SMILES string of the molecule is Nc1cccc2c1CN(c1ccc(Br)cc1F)C2. The Kier molecular flexibility index (Phi) is 2.74. The smallest absolute Gasteiger partial charge is 0.147 e. The van der Waals surface area contributed by atoms with Gasteiger partial charge in [0, 0.05) is 23.2 Å². The first-order chi connectivity index (χ1) is 8.65. The number of anilines is 2. The summed E-state index contributed by atoms with van der Waals surface area (Å²) in [6, 6.07) is 11.0. The molecule has 1 aliphatic rings. The van der Waals surface area contributed by atoms with E-state index in [2.05, 4.69) is 15.9 Å². The van der Waals surface area contributed by atoms with Crippen molar-refractivity contribution in [2.24, 2.45) is 0 Å². The minimum atomic E-state index is -0.212. The summed E-state index contributed by atoms with van der Waals surface area (Å²) < 4.78 is 14.7. The Hall–Kier alpha value is -1.55. The van der Waals surface area contributed by atoms with Gasteiger partial charge in [-0.25, -0.2) is 4.39 Å². The number of nitrogens with two attached hydrogens (primary N) is 1. The van der Waals surface area contributed by atoms with Gasteiger partial charge in [0.15, 0.2) is 0 Å². The Balaban J connectivity index is 1.96. The molecule has 0 radical (unpaired) electrons. The van der Waals surface area contributed by atoms with Crippen LogP contribution >= 0.6 is 15.9 Å². The van der Waals surface area contributed by atoms with Crippen LogP contribution in [0.2, 0.25) is 0 Å². The summed E-state index contributed by atoms with van der Waals surface area (Å²) >= 11 is 3.27. The van der Waals surface area contributed by atoms with E-state index in [9.17, 15) is 4.39 Å². The van der Waals surface area contributed by atoms with Crippen molar-refractivity contribution in [3.8, 4) is 0 Å². The molecule has 0 spiro atoms. The van der Waals surface area contributed by atoms with E-state index in [1.807, 2.05) is 29.2 Å². The highest BCUT2D eigenvalue weighted by atomic mass is 79.9. The van der Waals surface area contributed by atoms with Crippen molar-refractivity contribution < 1.29 is 4.39 Å². The van der Waals surface area contributed by atoms with Crippen molar-refractivity contribution in [3.63, 3.8) is 0 Å². The van der Waals surface area contributed by atoms with Gasteiger partial charge >= 0.3 is 0 Å². The second-order valence-electron chi connectivity index (χ2n) is 4.44. The average Bonchev–Trinajstić information content (AvgIpc) is 2.74. The Morgan fingerprint density at radius 2 is 2.00 bits per heavy atom. The van der Waals surface area contributed by atoms with Crippen LogP contribution in [0.15, 0.2) is 40.9 Å². The number of halogens is 2. The van der Waals surface area contributed by atoms with E-state index in [-0.39, 0.29) is 5.82 Å². The van der Waals surface area contributed by atoms with Crippen molar-refractivity contribution in [1.82, 2.24) is 0 Å². The van der Waals surface area contributed by atoms with Gasteiger partial charge in [-0.2, -0.15) is 0 Å². The zero-order valence-corrected chi connectivity index (χ0v) is 11.2. The number of fused-ring (bicyclic) bond motifs is 1. The van der Waals surface area contributed by atoms with Crippen LogP contribution in [0, 0.1) is 5.82 Å².